The van der Waals surface area contributed by atoms with E-state index < -0.39 is 0 Å². The second-order valence-corrected chi connectivity index (χ2v) is 4.96. The zero-order valence-electron chi connectivity index (χ0n) is 10.2. The minimum absolute atomic E-state index is 0.584. The molecule has 0 saturated heterocycles. The van der Waals surface area contributed by atoms with Gasteiger partial charge >= 0.3 is 0 Å². The normalized spacial score (nSPS) is 13.1. The van der Waals surface area contributed by atoms with Gasteiger partial charge in [-0.05, 0) is 42.3 Å². The molecule has 1 rings (SSSR count). The first kappa shape index (κ1) is 12.3. The van der Waals surface area contributed by atoms with Crippen molar-refractivity contribution in [1.29, 1.82) is 0 Å². The van der Waals surface area contributed by atoms with E-state index in [1.165, 1.54) is 17.5 Å². The van der Waals surface area contributed by atoms with E-state index in [1.807, 2.05) is 0 Å². The molecule has 0 heterocycles. The predicted octanol–water partition coefficient (Wildman–Crippen LogP) is 3.02. The standard InChI is InChI=1S/C14H23N/c1-11(2)8-13-4-6-14(7-5-13)9-12(3)10-15/h4-7,11-12H,8-10,15H2,1-3H3. The van der Waals surface area contributed by atoms with Crippen molar-refractivity contribution in [2.75, 3.05) is 6.54 Å². The van der Waals surface area contributed by atoms with Crippen LogP contribution in [0.5, 0.6) is 0 Å². The average molecular weight is 205 g/mol. The van der Waals surface area contributed by atoms with Crippen molar-refractivity contribution >= 4 is 0 Å². The Hall–Kier alpha value is -0.820. The first-order chi connectivity index (χ1) is 7.11. The number of hydrogen-bond acceptors (Lipinski definition) is 1. The van der Waals surface area contributed by atoms with E-state index in [-0.39, 0.29) is 0 Å². The van der Waals surface area contributed by atoms with Gasteiger partial charge in [0.25, 0.3) is 0 Å². The fraction of sp³-hybridized carbons (Fsp3) is 0.571. The van der Waals surface area contributed by atoms with Crippen molar-refractivity contribution < 1.29 is 0 Å². The Morgan fingerprint density at radius 2 is 1.40 bits per heavy atom. The molecular formula is C14H23N. The van der Waals surface area contributed by atoms with Gasteiger partial charge in [-0.3, -0.25) is 0 Å². The molecular weight excluding hydrogens is 182 g/mol. The molecule has 1 aromatic rings. The summed E-state index contributed by atoms with van der Waals surface area (Å²) in [6.45, 7) is 7.48. The summed E-state index contributed by atoms with van der Waals surface area (Å²) < 4.78 is 0. The van der Waals surface area contributed by atoms with Crippen LogP contribution in [-0.4, -0.2) is 6.54 Å². The maximum Gasteiger partial charge on any atom is -0.00483 e. The van der Waals surface area contributed by atoms with Gasteiger partial charge in [-0.25, -0.2) is 0 Å². The van der Waals surface area contributed by atoms with Crippen LogP contribution in [0.15, 0.2) is 24.3 Å². The molecule has 1 heteroatoms. The third kappa shape index (κ3) is 4.48. The summed E-state index contributed by atoms with van der Waals surface area (Å²) in [7, 11) is 0. The SMILES string of the molecule is CC(C)Cc1ccc(CC(C)CN)cc1. The van der Waals surface area contributed by atoms with Gasteiger partial charge in [0, 0.05) is 0 Å². The summed E-state index contributed by atoms with van der Waals surface area (Å²) >= 11 is 0. The van der Waals surface area contributed by atoms with Gasteiger partial charge in [-0.2, -0.15) is 0 Å². The molecule has 1 nitrogen and oxygen atoms in total. The lowest BCUT2D eigenvalue weighted by Crippen LogP contribution is -2.13. The van der Waals surface area contributed by atoms with Crippen molar-refractivity contribution in [1.82, 2.24) is 0 Å². The van der Waals surface area contributed by atoms with Crippen molar-refractivity contribution in [2.45, 2.75) is 33.6 Å². The lowest BCUT2D eigenvalue weighted by molar-refractivity contribution is 0.592. The van der Waals surface area contributed by atoms with Crippen LogP contribution < -0.4 is 5.73 Å². The van der Waals surface area contributed by atoms with Crippen LogP contribution in [0.2, 0.25) is 0 Å². The summed E-state index contributed by atoms with van der Waals surface area (Å²) in [4.78, 5) is 0. The highest BCUT2D eigenvalue weighted by atomic mass is 14.5. The van der Waals surface area contributed by atoms with E-state index in [9.17, 15) is 0 Å². The van der Waals surface area contributed by atoms with E-state index >= 15 is 0 Å². The van der Waals surface area contributed by atoms with Crippen LogP contribution >= 0.6 is 0 Å². The summed E-state index contributed by atoms with van der Waals surface area (Å²) in [6.07, 6.45) is 2.27. The lowest BCUT2D eigenvalue weighted by Gasteiger charge is -2.09. The lowest BCUT2D eigenvalue weighted by atomic mass is 9.97. The van der Waals surface area contributed by atoms with Crippen LogP contribution in [0.4, 0.5) is 0 Å². The molecule has 84 valence electrons. The van der Waals surface area contributed by atoms with Crippen LogP contribution in [0, 0.1) is 11.8 Å². The largest absolute Gasteiger partial charge is 0.330 e. The number of hydrogen-bond donors (Lipinski definition) is 1. The molecule has 0 aliphatic carbocycles. The quantitative estimate of drug-likeness (QED) is 0.785. The Balaban J connectivity index is 2.56. The zero-order chi connectivity index (χ0) is 11.3. The van der Waals surface area contributed by atoms with E-state index in [0.29, 0.717) is 5.92 Å². The number of rotatable bonds is 5. The molecule has 1 atom stereocenters. The molecule has 0 saturated carbocycles. The van der Waals surface area contributed by atoms with Crippen molar-refractivity contribution in [3.8, 4) is 0 Å². The topological polar surface area (TPSA) is 26.0 Å². The van der Waals surface area contributed by atoms with Crippen LogP contribution in [0.3, 0.4) is 0 Å². The Labute approximate surface area is 93.7 Å². The van der Waals surface area contributed by atoms with E-state index in [2.05, 4.69) is 45.0 Å². The maximum atomic E-state index is 5.62. The molecule has 0 aliphatic rings. The third-order valence-electron chi connectivity index (χ3n) is 2.65. The summed E-state index contributed by atoms with van der Waals surface area (Å²) in [5, 5.41) is 0. The average Bonchev–Trinajstić information content (AvgIpc) is 2.20. The summed E-state index contributed by atoms with van der Waals surface area (Å²) in [5.41, 5.74) is 8.46. The Bertz CT molecular complexity index is 274. The zero-order valence-corrected chi connectivity index (χ0v) is 10.2. The van der Waals surface area contributed by atoms with Gasteiger partial charge in [0.1, 0.15) is 0 Å². The van der Waals surface area contributed by atoms with E-state index in [4.69, 9.17) is 5.73 Å². The van der Waals surface area contributed by atoms with Crippen molar-refractivity contribution in [2.24, 2.45) is 17.6 Å². The Morgan fingerprint density at radius 1 is 0.933 bits per heavy atom. The fourth-order valence-electron chi connectivity index (χ4n) is 1.77. The maximum absolute atomic E-state index is 5.62. The monoisotopic (exact) mass is 205 g/mol. The van der Waals surface area contributed by atoms with Gasteiger partial charge in [0.15, 0.2) is 0 Å². The molecule has 2 N–H and O–H groups in total. The molecule has 1 unspecified atom stereocenters. The van der Waals surface area contributed by atoms with Gasteiger partial charge in [0.2, 0.25) is 0 Å². The van der Waals surface area contributed by atoms with Crippen LogP contribution in [0.25, 0.3) is 0 Å². The summed E-state index contributed by atoms with van der Waals surface area (Å²) in [5.74, 6) is 1.32. The highest BCUT2D eigenvalue weighted by Gasteiger charge is 2.02. The minimum Gasteiger partial charge on any atom is -0.330 e. The van der Waals surface area contributed by atoms with E-state index in [1.54, 1.807) is 0 Å². The molecule has 0 bridgehead atoms. The summed E-state index contributed by atoms with van der Waals surface area (Å²) in [6, 6.07) is 8.98. The highest BCUT2D eigenvalue weighted by Crippen LogP contribution is 2.12. The Morgan fingerprint density at radius 3 is 1.80 bits per heavy atom. The Kier molecular flexibility index (Phi) is 4.83. The number of benzene rings is 1. The van der Waals surface area contributed by atoms with Gasteiger partial charge < -0.3 is 5.73 Å². The van der Waals surface area contributed by atoms with Crippen molar-refractivity contribution in [3.05, 3.63) is 35.4 Å². The molecule has 0 spiro atoms. The third-order valence-corrected chi connectivity index (χ3v) is 2.65. The smallest absolute Gasteiger partial charge is 0.00483 e. The first-order valence-corrected chi connectivity index (χ1v) is 5.89. The second-order valence-electron chi connectivity index (χ2n) is 4.96. The van der Waals surface area contributed by atoms with Gasteiger partial charge in [0.05, 0.1) is 0 Å². The molecule has 1 aromatic carbocycles. The van der Waals surface area contributed by atoms with Crippen molar-refractivity contribution in [3.63, 3.8) is 0 Å². The van der Waals surface area contributed by atoms with Gasteiger partial charge in [-0.15, -0.1) is 0 Å². The molecule has 15 heavy (non-hydrogen) atoms. The van der Waals surface area contributed by atoms with Crippen LogP contribution in [0.1, 0.15) is 31.9 Å². The minimum atomic E-state index is 0.584. The molecule has 0 aliphatic heterocycles. The van der Waals surface area contributed by atoms with Gasteiger partial charge in [-0.1, -0.05) is 45.0 Å². The van der Waals surface area contributed by atoms with Crippen LogP contribution in [-0.2, 0) is 12.8 Å². The first-order valence-electron chi connectivity index (χ1n) is 5.89. The fourth-order valence-corrected chi connectivity index (χ4v) is 1.77. The molecule has 0 radical (unpaired) electrons. The molecule has 0 amide bonds. The molecule has 0 fully saturated rings. The second kappa shape index (κ2) is 5.92. The molecule has 0 aromatic heterocycles. The number of nitrogens with two attached hydrogens (primary N) is 1. The van der Waals surface area contributed by atoms with E-state index in [0.717, 1.165) is 18.9 Å². The predicted molar refractivity (Wildman–Crippen MR) is 66.9 cm³/mol. The highest BCUT2D eigenvalue weighted by molar-refractivity contribution is 5.23.